The van der Waals surface area contributed by atoms with Crippen LogP contribution in [0.3, 0.4) is 0 Å². The first-order valence-electron chi connectivity index (χ1n) is 11.0. The van der Waals surface area contributed by atoms with Crippen LogP contribution in [0.2, 0.25) is 18.1 Å². The van der Waals surface area contributed by atoms with Crippen LogP contribution in [0.15, 0.2) is 78.7 Å². The molecule has 2 aromatic carbocycles. The summed E-state index contributed by atoms with van der Waals surface area (Å²) in [4.78, 5) is 2.46. The van der Waals surface area contributed by atoms with Gasteiger partial charge in [0.05, 0.1) is 7.11 Å². The molecule has 168 valence electrons. The Kier molecular flexibility index (Phi) is 8.90. The summed E-state index contributed by atoms with van der Waals surface area (Å²) in [5.41, 5.74) is 5.56. The molecule has 2 aromatic rings. The number of hydrogen-bond donors (Lipinski definition) is 0. The van der Waals surface area contributed by atoms with Crippen LogP contribution in [0, 0.1) is 0 Å². The molecule has 0 N–H and O–H groups in total. The fourth-order valence-electron chi connectivity index (χ4n) is 3.33. The number of benzene rings is 2. The molecule has 0 radical (unpaired) electrons. The van der Waals surface area contributed by atoms with Crippen molar-refractivity contribution in [1.29, 1.82) is 0 Å². The molecule has 0 saturated carbocycles. The lowest BCUT2D eigenvalue weighted by molar-refractivity contribution is 0.0439. The summed E-state index contributed by atoms with van der Waals surface area (Å²) in [6.07, 6.45) is -0.240. The van der Waals surface area contributed by atoms with Gasteiger partial charge in [-0.1, -0.05) is 93.7 Å². The van der Waals surface area contributed by atoms with Gasteiger partial charge < -0.3 is 9.16 Å². The number of ether oxygens (including phenoxy) is 1. The van der Waals surface area contributed by atoms with Crippen LogP contribution in [0.4, 0.5) is 0 Å². The first-order valence-corrected chi connectivity index (χ1v) is 13.9. The lowest BCUT2D eigenvalue weighted by atomic mass is 10.1. The van der Waals surface area contributed by atoms with E-state index in [2.05, 4.69) is 119 Å². The average Bonchev–Trinajstić information content (AvgIpc) is 2.73. The Balaban J connectivity index is 2.41. The molecule has 0 aliphatic rings. The Morgan fingerprint density at radius 3 is 1.77 bits per heavy atom. The molecule has 31 heavy (non-hydrogen) atoms. The van der Waals surface area contributed by atoms with Crippen LogP contribution >= 0.6 is 0 Å². The molecule has 2 atom stereocenters. The zero-order valence-corrected chi connectivity index (χ0v) is 21.3. The minimum Gasteiger partial charge on any atom is -0.490 e. The van der Waals surface area contributed by atoms with Crippen molar-refractivity contribution in [3.05, 3.63) is 89.9 Å². The number of hydrogen-bond acceptors (Lipinski definition) is 3. The molecule has 0 heterocycles. The summed E-state index contributed by atoms with van der Waals surface area (Å²) in [7, 11) is -0.370. The predicted octanol–water partition coefficient (Wildman–Crippen LogP) is 6.78. The molecular weight excluding hydrogens is 398 g/mol. The van der Waals surface area contributed by atoms with Gasteiger partial charge in [-0.25, -0.2) is 0 Å². The fourth-order valence-corrected chi connectivity index (χ4v) is 4.62. The van der Waals surface area contributed by atoms with E-state index >= 15 is 0 Å². The molecule has 0 spiro atoms. The van der Waals surface area contributed by atoms with E-state index in [-0.39, 0.29) is 17.2 Å². The zero-order valence-electron chi connectivity index (χ0n) is 20.3. The SMILES string of the molecule is C=C=C(OC)[C@@H](O[Si](C)(C)C(C)(C)C)[C@H](C)N(Cc1ccccc1)Cc1ccccc1. The molecule has 0 unspecified atom stereocenters. The maximum Gasteiger partial charge on any atom is 0.193 e. The van der Waals surface area contributed by atoms with E-state index in [9.17, 15) is 0 Å². The molecule has 0 aliphatic carbocycles. The van der Waals surface area contributed by atoms with Gasteiger partial charge in [0.2, 0.25) is 0 Å². The largest absolute Gasteiger partial charge is 0.490 e. The maximum absolute atomic E-state index is 6.90. The Bertz CT molecular complexity index is 810. The smallest absolute Gasteiger partial charge is 0.193 e. The van der Waals surface area contributed by atoms with Gasteiger partial charge in [0, 0.05) is 19.1 Å². The number of rotatable bonds is 10. The van der Waals surface area contributed by atoms with E-state index < -0.39 is 8.32 Å². The minimum absolute atomic E-state index is 0.0683. The molecular formula is C27H39NO2Si. The molecule has 0 fully saturated rings. The summed E-state index contributed by atoms with van der Waals surface area (Å²) < 4.78 is 12.6. The maximum atomic E-state index is 6.90. The van der Waals surface area contributed by atoms with Crippen LogP contribution in [0.1, 0.15) is 38.8 Å². The highest BCUT2D eigenvalue weighted by atomic mass is 28.4. The van der Waals surface area contributed by atoms with E-state index in [1.807, 2.05) is 0 Å². The van der Waals surface area contributed by atoms with Gasteiger partial charge in [-0.15, -0.1) is 0 Å². The fraction of sp³-hybridized carbons (Fsp3) is 0.444. The van der Waals surface area contributed by atoms with Gasteiger partial charge in [-0.3, -0.25) is 4.90 Å². The van der Waals surface area contributed by atoms with Gasteiger partial charge in [0.1, 0.15) is 6.10 Å². The Hall–Kier alpha value is -2.10. The zero-order chi connectivity index (χ0) is 23.1. The molecule has 0 amide bonds. The van der Waals surface area contributed by atoms with Gasteiger partial charge in [-0.2, -0.15) is 0 Å². The monoisotopic (exact) mass is 437 g/mol. The van der Waals surface area contributed by atoms with Crippen LogP contribution < -0.4 is 0 Å². The number of methoxy groups -OCH3 is 1. The highest BCUT2D eigenvalue weighted by Gasteiger charge is 2.42. The second kappa shape index (κ2) is 11.0. The molecule has 3 nitrogen and oxygen atoms in total. The Morgan fingerprint density at radius 1 is 0.968 bits per heavy atom. The number of nitrogens with zero attached hydrogens (tertiary/aromatic N) is 1. The van der Waals surface area contributed by atoms with E-state index in [0.717, 1.165) is 13.1 Å². The van der Waals surface area contributed by atoms with Crippen LogP contribution in [0.5, 0.6) is 0 Å². The molecule has 0 bridgehead atoms. The second-order valence-corrected chi connectivity index (χ2v) is 14.4. The normalized spacial score (nSPS) is 14.1. The lowest BCUT2D eigenvalue weighted by Gasteiger charge is -2.43. The Labute approximate surface area is 190 Å². The van der Waals surface area contributed by atoms with Crippen molar-refractivity contribution in [2.45, 2.75) is 71.1 Å². The first kappa shape index (κ1) is 25.2. The van der Waals surface area contributed by atoms with Crippen molar-refractivity contribution in [2.75, 3.05) is 7.11 Å². The van der Waals surface area contributed by atoms with Crippen molar-refractivity contribution in [1.82, 2.24) is 4.90 Å². The van der Waals surface area contributed by atoms with E-state index in [1.54, 1.807) is 7.11 Å². The van der Waals surface area contributed by atoms with Gasteiger partial charge in [0.25, 0.3) is 0 Å². The molecule has 2 rings (SSSR count). The van der Waals surface area contributed by atoms with E-state index in [1.165, 1.54) is 11.1 Å². The molecule has 0 aromatic heterocycles. The molecule has 4 heteroatoms. The third-order valence-electron chi connectivity index (χ3n) is 6.35. The van der Waals surface area contributed by atoms with Crippen LogP contribution in [-0.2, 0) is 22.3 Å². The van der Waals surface area contributed by atoms with Crippen LogP contribution in [-0.4, -0.2) is 32.5 Å². The predicted molar refractivity (Wildman–Crippen MR) is 133 cm³/mol. The van der Waals surface area contributed by atoms with Crippen molar-refractivity contribution in [2.24, 2.45) is 0 Å². The molecule has 0 saturated heterocycles. The topological polar surface area (TPSA) is 21.7 Å². The highest BCUT2D eigenvalue weighted by Crippen LogP contribution is 2.39. The summed E-state index contributed by atoms with van der Waals surface area (Å²) >= 11 is 0. The van der Waals surface area contributed by atoms with E-state index in [0.29, 0.717) is 5.76 Å². The van der Waals surface area contributed by atoms with Crippen LogP contribution in [0.25, 0.3) is 0 Å². The van der Waals surface area contributed by atoms with Crippen molar-refractivity contribution >= 4 is 8.32 Å². The van der Waals surface area contributed by atoms with Crippen molar-refractivity contribution in [3.8, 4) is 0 Å². The summed E-state index contributed by atoms with van der Waals surface area (Å²) in [6, 6.07) is 21.3. The second-order valence-electron chi connectivity index (χ2n) is 9.66. The minimum atomic E-state index is -2.05. The van der Waals surface area contributed by atoms with Crippen molar-refractivity contribution < 1.29 is 9.16 Å². The summed E-state index contributed by atoms with van der Waals surface area (Å²) in [5, 5.41) is 0.0919. The standard InChI is InChI=1S/C27H39NO2Si/c1-9-25(29-6)26(30-31(7,8)27(3,4)5)22(2)28(20-23-16-12-10-13-17-23)21-24-18-14-11-15-19-24/h10-19,22,26H,1,20-21H2,2-8H3/t22-,26-/m0/s1. The summed E-state index contributed by atoms with van der Waals surface area (Å²) in [5.74, 6) is 0.670. The van der Waals surface area contributed by atoms with E-state index in [4.69, 9.17) is 9.16 Å². The van der Waals surface area contributed by atoms with Gasteiger partial charge >= 0.3 is 0 Å². The average molecular weight is 438 g/mol. The summed E-state index contributed by atoms with van der Waals surface area (Å²) in [6.45, 7) is 19.1. The quantitative estimate of drug-likeness (QED) is 0.232. The third-order valence-corrected chi connectivity index (χ3v) is 10.8. The highest BCUT2D eigenvalue weighted by molar-refractivity contribution is 6.74. The molecule has 0 aliphatic heterocycles. The lowest BCUT2D eigenvalue weighted by Crippen LogP contribution is -2.51. The van der Waals surface area contributed by atoms with Gasteiger partial charge in [0.15, 0.2) is 14.1 Å². The Morgan fingerprint density at radius 2 is 1.42 bits per heavy atom. The third kappa shape index (κ3) is 6.95. The van der Waals surface area contributed by atoms with Crippen molar-refractivity contribution in [3.63, 3.8) is 0 Å². The first-order chi connectivity index (χ1) is 14.6. The van der Waals surface area contributed by atoms with Gasteiger partial charge in [-0.05, 0) is 36.2 Å².